The highest BCUT2D eigenvalue weighted by molar-refractivity contribution is 9.10. The molecule has 0 aliphatic heterocycles. The molecule has 0 amide bonds. The van der Waals surface area contributed by atoms with E-state index in [2.05, 4.69) is 26.0 Å². The molecule has 0 atom stereocenters. The molecule has 1 rings (SSSR count). The Bertz CT molecular complexity index is 186. The minimum absolute atomic E-state index is 0.417. The van der Waals surface area contributed by atoms with E-state index >= 15 is 0 Å². The molecule has 3 heteroatoms. The van der Waals surface area contributed by atoms with Gasteiger partial charge in [0.1, 0.15) is 0 Å². The van der Waals surface area contributed by atoms with Crippen molar-refractivity contribution in [1.82, 2.24) is 0 Å². The molecule has 0 saturated carbocycles. The lowest BCUT2D eigenvalue weighted by Gasteiger charge is -1.89. The molecule has 0 spiro atoms. The summed E-state index contributed by atoms with van der Waals surface area (Å²) in [7, 11) is 0. The van der Waals surface area contributed by atoms with Crippen LogP contribution in [0.5, 0.6) is 0 Å². The van der Waals surface area contributed by atoms with Crippen LogP contribution in [0.15, 0.2) is 28.7 Å². The van der Waals surface area contributed by atoms with Crippen LogP contribution in [-0.4, -0.2) is 20.4 Å². The zero-order chi connectivity index (χ0) is 8.69. The van der Waals surface area contributed by atoms with Gasteiger partial charge >= 0.3 is 20.4 Å². The van der Waals surface area contributed by atoms with Crippen LogP contribution in [0.4, 0.5) is 5.69 Å². The van der Waals surface area contributed by atoms with Crippen molar-refractivity contribution in [3.63, 3.8) is 0 Å². The van der Waals surface area contributed by atoms with Gasteiger partial charge in [0.2, 0.25) is 0 Å². The van der Waals surface area contributed by atoms with E-state index in [1.54, 1.807) is 0 Å². The maximum atomic E-state index is 5.43. The summed E-state index contributed by atoms with van der Waals surface area (Å²) in [6, 6.07) is 7.56. The second kappa shape index (κ2) is 6.94. The zero-order valence-corrected chi connectivity index (χ0v) is 9.97. The largest absolute Gasteiger partial charge is 0.399 e. The molecule has 58 valence electrons. The molecule has 11 heavy (non-hydrogen) atoms. The molecule has 0 aliphatic carbocycles. The minimum Gasteiger partial charge on any atom is -0.399 e. The molecule has 1 aromatic carbocycles. The number of hydrogen-bond donors (Lipinski definition) is 1. The zero-order valence-electron chi connectivity index (χ0n) is 6.97. The summed E-state index contributed by atoms with van der Waals surface area (Å²) in [5.74, 6) is 0. The first kappa shape index (κ1) is 11.3. The molecule has 0 bridgehead atoms. The molecule has 1 nitrogen and oxygen atoms in total. The summed E-state index contributed by atoms with van der Waals surface area (Å²) in [6.07, 6.45) is 0. The number of benzene rings is 1. The van der Waals surface area contributed by atoms with E-state index < -0.39 is 0 Å². The second-order valence-electron chi connectivity index (χ2n) is 2.26. The van der Waals surface area contributed by atoms with E-state index in [-0.39, 0.29) is 0 Å². The van der Waals surface area contributed by atoms with Crippen molar-refractivity contribution in [1.29, 1.82) is 0 Å². The molecule has 1 aromatic rings. The van der Waals surface area contributed by atoms with E-state index in [0.29, 0.717) is 20.4 Å². The molecule has 0 fully saturated rings. The van der Waals surface area contributed by atoms with Crippen molar-refractivity contribution < 1.29 is 0 Å². The topological polar surface area (TPSA) is 26.0 Å². The highest BCUT2D eigenvalue weighted by atomic mass is 79.9. The van der Waals surface area contributed by atoms with Gasteiger partial charge in [0.25, 0.3) is 0 Å². The van der Waals surface area contributed by atoms with Crippen LogP contribution < -0.4 is 5.73 Å². The molecule has 2 N–H and O–H groups in total. The van der Waals surface area contributed by atoms with E-state index in [9.17, 15) is 0 Å². The van der Waals surface area contributed by atoms with Crippen molar-refractivity contribution in [2.45, 2.75) is 10.1 Å². The Morgan fingerprint density at radius 3 is 2.18 bits per heavy atom. The van der Waals surface area contributed by atoms with E-state index in [4.69, 9.17) is 5.73 Å². The molecule has 0 heterocycles. The summed E-state index contributed by atoms with van der Waals surface area (Å²) in [4.78, 5) is 0. The Morgan fingerprint density at radius 2 is 1.91 bits per heavy atom. The molecule has 0 aliphatic rings. The smallest absolute Gasteiger partial charge is 0.356 e. The Labute approximate surface area is 86.2 Å². The number of nitrogen functional groups attached to an aromatic ring is 1. The fourth-order valence-corrected chi connectivity index (χ4v) is 0.924. The predicted octanol–water partition coefficient (Wildman–Crippen LogP) is 2.82. The number of halogens is 1. The van der Waals surface area contributed by atoms with Crippen molar-refractivity contribution in [2.24, 2.45) is 0 Å². The Kier molecular flexibility index (Phi) is 7.11. The van der Waals surface area contributed by atoms with Crippen molar-refractivity contribution in [3.8, 4) is 0 Å². The first-order chi connectivity index (χ1) is 5.20. The summed E-state index contributed by atoms with van der Waals surface area (Å²) in [6.45, 7) is 0. The fourth-order valence-electron chi connectivity index (χ4n) is 0.507. The number of rotatable bonds is 0. The fraction of sp³-hybridized carbons (Fsp3) is 0.250. The third-order valence-corrected chi connectivity index (χ3v) is 1.34. The van der Waals surface area contributed by atoms with Crippen molar-refractivity contribution >= 4 is 42.0 Å². The van der Waals surface area contributed by atoms with Crippen LogP contribution in [0.1, 0.15) is 0 Å². The summed E-state index contributed by atoms with van der Waals surface area (Å²) >= 11 is 3.70. The van der Waals surface area contributed by atoms with Gasteiger partial charge in [0.05, 0.1) is 0 Å². The highest BCUT2D eigenvalue weighted by Gasteiger charge is 1.82. The number of anilines is 1. The van der Waals surface area contributed by atoms with Gasteiger partial charge in [-0.3, -0.25) is 0 Å². The van der Waals surface area contributed by atoms with Gasteiger partial charge in [-0.1, -0.05) is 22.0 Å². The molecule has 0 unspecified atom stereocenters. The third kappa shape index (κ3) is 6.66. The van der Waals surface area contributed by atoms with E-state index in [0.717, 1.165) is 10.2 Å². The van der Waals surface area contributed by atoms with Gasteiger partial charge in [-0.2, -0.15) is 10.1 Å². The first-order valence-electron chi connectivity index (χ1n) is 3.71. The average Bonchev–Trinajstić information content (AvgIpc) is 1.88. The maximum absolute atomic E-state index is 5.43. The van der Waals surface area contributed by atoms with Gasteiger partial charge in [-0.25, -0.2) is 0 Å². The monoisotopic (exact) mass is 225 g/mol. The van der Waals surface area contributed by atoms with E-state index in [1.807, 2.05) is 24.3 Å². The highest BCUT2D eigenvalue weighted by Crippen LogP contribution is 2.11. The van der Waals surface area contributed by atoms with Crippen LogP contribution in [0, 0.1) is 0 Å². The number of hydrogen-bond acceptors (Lipinski definition) is 1. The Hall–Kier alpha value is 0.266. The normalized spacial score (nSPS) is 7.55. The van der Waals surface area contributed by atoms with Crippen LogP contribution in [0.2, 0.25) is 10.1 Å². The SMILES string of the molecule is Nc1cccc(Br)c1.[CH3][Mg][CH3]. The molecule has 0 aromatic heterocycles. The second-order valence-corrected chi connectivity index (χ2v) is 4.59. The Balaban J connectivity index is 0.000000292. The first-order valence-corrected chi connectivity index (χ1v) is 7.33. The summed E-state index contributed by atoms with van der Waals surface area (Å²) < 4.78 is 1.03. The number of nitrogens with two attached hydrogens (primary N) is 1. The van der Waals surface area contributed by atoms with Gasteiger partial charge in [-0.05, 0) is 18.2 Å². The van der Waals surface area contributed by atoms with E-state index in [1.165, 1.54) is 0 Å². The lowest BCUT2D eigenvalue weighted by molar-refractivity contribution is 1.64. The van der Waals surface area contributed by atoms with Crippen LogP contribution in [-0.2, 0) is 0 Å². The summed E-state index contributed by atoms with van der Waals surface area (Å²) in [5, 5.41) is 4.53. The lowest BCUT2D eigenvalue weighted by atomic mass is 10.3. The van der Waals surface area contributed by atoms with Gasteiger partial charge in [0.15, 0.2) is 0 Å². The molecule has 0 saturated heterocycles. The maximum Gasteiger partial charge on any atom is 0.356 e. The van der Waals surface area contributed by atoms with Crippen LogP contribution >= 0.6 is 15.9 Å². The minimum atomic E-state index is 0.417. The predicted molar refractivity (Wildman–Crippen MR) is 56.0 cm³/mol. The van der Waals surface area contributed by atoms with Crippen molar-refractivity contribution in [3.05, 3.63) is 28.7 Å². The average molecular weight is 226 g/mol. The molecular formula is C8H12BrMgN. The van der Waals surface area contributed by atoms with Crippen molar-refractivity contribution in [2.75, 3.05) is 5.73 Å². The molecular weight excluding hydrogens is 214 g/mol. The van der Waals surface area contributed by atoms with Crippen LogP contribution in [0.25, 0.3) is 0 Å². The van der Waals surface area contributed by atoms with Gasteiger partial charge < -0.3 is 5.73 Å². The molecule has 0 radical (unpaired) electrons. The standard InChI is InChI=1S/C6H6BrN.2CH3.Mg/c7-5-2-1-3-6(8)4-5;;;/h1-4H,8H2;2*1H3;. The quantitative estimate of drug-likeness (QED) is 0.534. The Morgan fingerprint density at radius 1 is 1.36 bits per heavy atom. The third-order valence-electron chi connectivity index (χ3n) is 0.849. The summed E-state index contributed by atoms with van der Waals surface area (Å²) in [5.41, 5.74) is 6.22. The van der Waals surface area contributed by atoms with Crippen LogP contribution in [0.3, 0.4) is 0 Å². The van der Waals surface area contributed by atoms with Gasteiger partial charge in [-0.15, -0.1) is 0 Å². The van der Waals surface area contributed by atoms with Gasteiger partial charge in [0, 0.05) is 10.2 Å². The lowest BCUT2D eigenvalue weighted by Crippen LogP contribution is -1.80.